The van der Waals surface area contributed by atoms with Crippen molar-refractivity contribution in [2.24, 2.45) is 0 Å². The van der Waals surface area contributed by atoms with Crippen LogP contribution in [0.4, 0.5) is 0 Å². The summed E-state index contributed by atoms with van der Waals surface area (Å²) in [5.74, 6) is 1.01. The number of carbonyl (C=O) groups excluding carboxylic acids is 1. The normalized spacial score (nSPS) is 10.5. The van der Waals surface area contributed by atoms with Crippen LogP contribution in [0.2, 0.25) is 0 Å². The first-order valence-corrected chi connectivity index (χ1v) is 8.89. The summed E-state index contributed by atoms with van der Waals surface area (Å²) < 4.78 is 5.49. The summed E-state index contributed by atoms with van der Waals surface area (Å²) in [6, 6.07) is 20.0. The fraction of sp³-hybridized carbons (Fsp3) is 0.217. The van der Waals surface area contributed by atoms with Crippen LogP contribution in [0.25, 0.3) is 11.1 Å². The Labute approximate surface area is 154 Å². The van der Waals surface area contributed by atoms with E-state index in [9.17, 15) is 4.79 Å². The molecule has 1 heterocycles. The van der Waals surface area contributed by atoms with Crippen molar-refractivity contribution in [2.45, 2.75) is 26.7 Å². The Bertz CT molecular complexity index is 885. The summed E-state index contributed by atoms with van der Waals surface area (Å²) in [6.45, 7) is 4.56. The number of aromatic nitrogens is 1. The molecular formula is C23H23NO2. The molecule has 2 aromatic carbocycles. The van der Waals surface area contributed by atoms with Crippen LogP contribution in [0.1, 0.15) is 23.7 Å². The van der Waals surface area contributed by atoms with Gasteiger partial charge in [-0.25, -0.2) is 0 Å². The molecule has 0 amide bonds. The highest BCUT2D eigenvalue weighted by atomic mass is 16.5. The average molecular weight is 345 g/mol. The minimum atomic E-state index is 0.200. The van der Waals surface area contributed by atoms with Gasteiger partial charge in [-0.05, 0) is 60.4 Å². The number of benzene rings is 2. The van der Waals surface area contributed by atoms with Crippen molar-refractivity contribution in [3.8, 4) is 16.9 Å². The molecule has 0 atom stereocenters. The number of rotatable bonds is 7. The van der Waals surface area contributed by atoms with Gasteiger partial charge < -0.3 is 4.74 Å². The Kier molecular flexibility index (Phi) is 5.80. The van der Waals surface area contributed by atoms with E-state index in [1.165, 1.54) is 0 Å². The largest absolute Gasteiger partial charge is 0.494 e. The highest BCUT2D eigenvalue weighted by Crippen LogP contribution is 2.20. The third kappa shape index (κ3) is 4.79. The van der Waals surface area contributed by atoms with E-state index < -0.39 is 0 Å². The van der Waals surface area contributed by atoms with E-state index in [1.807, 2.05) is 62.5 Å². The van der Waals surface area contributed by atoms with Crippen molar-refractivity contribution in [1.29, 1.82) is 0 Å². The maximum Gasteiger partial charge on any atom is 0.141 e. The van der Waals surface area contributed by atoms with Gasteiger partial charge in [-0.15, -0.1) is 0 Å². The summed E-state index contributed by atoms with van der Waals surface area (Å²) in [5.41, 5.74) is 5.30. The number of carbonyl (C=O) groups is 1. The first-order chi connectivity index (χ1) is 12.6. The van der Waals surface area contributed by atoms with Gasteiger partial charge in [0.2, 0.25) is 0 Å². The van der Waals surface area contributed by atoms with Gasteiger partial charge in [-0.2, -0.15) is 0 Å². The topological polar surface area (TPSA) is 39.2 Å². The van der Waals surface area contributed by atoms with E-state index in [4.69, 9.17) is 4.74 Å². The predicted octanol–water partition coefficient (Wildman–Crippen LogP) is 4.81. The van der Waals surface area contributed by atoms with Gasteiger partial charge >= 0.3 is 0 Å². The van der Waals surface area contributed by atoms with E-state index in [1.54, 1.807) is 0 Å². The maximum atomic E-state index is 12.4. The second-order valence-corrected chi connectivity index (χ2v) is 6.36. The molecule has 132 valence electrons. The van der Waals surface area contributed by atoms with Crippen molar-refractivity contribution >= 4 is 5.78 Å². The molecule has 0 unspecified atom stereocenters. The molecule has 0 radical (unpaired) electrons. The number of Topliss-reactive ketones (excluding diaryl/α,β-unsaturated/α-hetero) is 1. The SMILES string of the molecule is CCOc1cccc(CC(=O)Cc2ccc(-c3ccnc(C)c3)cc2)c1. The molecule has 26 heavy (non-hydrogen) atoms. The zero-order valence-corrected chi connectivity index (χ0v) is 15.2. The molecule has 0 spiro atoms. The Morgan fingerprint density at radius 2 is 1.69 bits per heavy atom. The van der Waals surface area contributed by atoms with Crippen LogP contribution >= 0.6 is 0 Å². The number of ether oxygens (including phenoxy) is 1. The lowest BCUT2D eigenvalue weighted by atomic mass is 9.99. The van der Waals surface area contributed by atoms with Gasteiger partial charge in [0, 0.05) is 24.7 Å². The summed E-state index contributed by atoms with van der Waals surface area (Å²) in [6.07, 6.45) is 2.68. The fourth-order valence-corrected chi connectivity index (χ4v) is 2.97. The predicted molar refractivity (Wildman–Crippen MR) is 104 cm³/mol. The van der Waals surface area contributed by atoms with Gasteiger partial charge in [-0.1, -0.05) is 36.4 Å². The van der Waals surface area contributed by atoms with Crippen LogP contribution in [-0.2, 0) is 17.6 Å². The lowest BCUT2D eigenvalue weighted by Crippen LogP contribution is -2.06. The minimum Gasteiger partial charge on any atom is -0.494 e. The molecule has 0 bridgehead atoms. The van der Waals surface area contributed by atoms with Gasteiger partial charge in [0.25, 0.3) is 0 Å². The zero-order chi connectivity index (χ0) is 18.4. The minimum absolute atomic E-state index is 0.200. The van der Waals surface area contributed by atoms with Crippen LogP contribution in [-0.4, -0.2) is 17.4 Å². The fourth-order valence-electron chi connectivity index (χ4n) is 2.97. The van der Waals surface area contributed by atoms with Gasteiger partial charge in [-0.3, -0.25) is 9.78 Å². The number of ketones is 1. The number of hydrogen-bond donors (Lipinski definition) is 0. The number of hydrogen-bond acceptors (Lipinski definition) is 3. The molecule has 0 fully saturated rings. The molecule has 1 aromatic heterocycles. The van der Waals surface area contributed by atoms with Crippen molar-refractivity contribution in [3.05, 3.63) is 83.7 Å². The lowest BCUT2D eigenvalue weighted by Gasteiger charge is -2.07. The van der Waals surface area contributed by atoms with Crippen molar-refractivity contribution < 1.29 is 9.53 Å². The third-order valence-electron chi connectivity index (χ3n) is 4.20. The second-order valence-electron chi connectivity index (χ2n) is 6.36. The molecule has 0 saturated heterocycles. The number of nitrogens with zero attached hydrogens (tertiary/aromatic N) is 1. The second kappa shape index (κ2) is 8.43. The number of pyridine rings is 1. The molecule has 0 saturated carbocycles. The van der Waals surface area contributed by atoms with E-state index in [0.29, 0.717) is 19.4 Å². The smallest absolute Gasteiger partial charge is 0.141 e. The van der Waals surface area contributed by atoms with Gasteiger partial charge in [0.05, 0.1) is 6.61 Å². The molecule has 0 N–H and O–H groups in total. The van der Waals surface area contributed by atoms with Crippen LogP contribution in [0.3, 0.4) is 0 Å². The Morgan fingerprint density at radius 3 is 2.42 bits per heavy atom. The molecule has 0 aliphatic heterocycles. The molecule has 3 nitrogen and oxygen atoms in total. The van der Waals surface area contributed by atoms with E-state index in [0.717, 1.165) is 33.7 Å². The third-order valence-corrected chi connectivity index (χ3v) is 4.20. The summed E-state index contributed by atoms with van der Waals surface area (Å²) in [4.78, 5) is 16.6. The van der Waals surface area contributed by atoms with Crippen molar-refractivity contribution in [1.82, 2.24) is 4.98 Å². The van der Waals surface area contributed by atoms with Crippen LogP contribution in [0.15, 0.2) is 66.9 Å². The van der Waals surface area contributed by atoms with Crippen LogP contribution in [0, 0.1) is 6.92 Å². The summed E-state index contributed by atoms with van der Waals surface area (Å²) >= 11 is 0. The van der Waals surface area contributed by atoms with Gasteiger partial charge in [0.15, 0.2) is 0 Å². The molecular weight excluding hydrogens is 322 g/mol. The zero-order valence-electron chi connectivity index (χ0n) is 15.2. The Balaban J connectivity index is 1.63. The molecule has 0 aliphatic rings. The van der Waals surface area contributed by atoms with E-state index in [2.05, 4.69) is 23.2 Å². The average Bonchev–Trinajstić information content (AvgIpc) is 2.63. The maximum absolute atomic E-state index is 12.4. The summed E-state index contributed by atoms with van der Waals surface area (Å²) in [7, 11) is 0. The Hall–Kier alpha value is -2.94. The van der Waals surface area contributed by atoms with Crippen LogP contribution < -0.4 is 4.74 Å². The lowest BCUT2D eigenvalue weighted by molar-refractivity contribution is -0.117. The first-order valence-electron chi connectivity index (χ1n) is 8.89. The van der Waals surface area contributed by atoms with Crippen molar-refractivity contribution in [3.63, 3.8) is 0 Å². The molecule has 3 heteroatoms. The van der Waals surface area contributed by atoms with E-state index >= 15 is 0 Å². The molecule has 0 aliphatic carbocycles. The highest BCUT2D eigenvalue weighted by molar-refractivity contribution is 5.83. The number of aryl methyl sites for hydroxylation is 1. The monoisotopic (exact) mass is 345 g/mol. The quantitative estimate of drug-likeness (QED) is 0.617. The van der Waals surface area contributed by atoms with Crippen LogP contribution in [0.5, 0.6) is 5.75 Å². The first kappa shape index (κ1) is 17.9. The standard InChI is InChI=1S/C23H23NO2/c1-3-26-23-6-4-5-19(16-23)15-22(25)14-18-7-9-20(10-8-18)21-11-12-24-17(2)13-21/h4-13,16H,3,14-15H2,1-2H3. The van der Waals surface area contributed by atoms with E-state index in [-0.39, 0.29) is 5.78 Å². The van der Waals surface area contributed by atoms with Crippen molar-refractivity contribution in [2.75, 3.05) is 6.61 Å². The molecule has 3 aromatic rings. The highest BCUT2D eigenvalue weighted by Gasteiger charge is 2.07. The van der Waals surface area contributed by atoms with Gasteiger partial charge in [0.1, 0.15) is 11.5 Å². The molecule has 3 rings (SSSR count). The summed E-state index contributed by atoms with van der Waals surface area (Å²) in [5, 5.41) is 0. The Morgan fingerprint density at radius 1 is 0.923 bits per heavy atom.